The number of nitrogen functional groups attached to an aromatic ring is 1. The fourth-order valence-electron chi connectivity index (χ4n) is 3.99. The molecule has 0 unspecified atom stereocenters. The molecule has 5 rings (SSSR count). The highest BCUT2D eigenvalue weighted by atomic mass is 32.1. The van der Waals surface area contributed by atoms with Crippen LogP contribution in [0.1, 0.15) is 52.1 Å². The predicted octanol–water partition coefficient (Wildman–Crippen LogP) is 4.09. The van der Waals surface area contributed by atoms with Crippen LogP contribution < -0.4 is 11.1 Å². The van der Waals surface area contributed by atoms with Gasteiger partial charge >= 0.3 is 0 Å². The zero-order chi connectivity index (χ0) is 23.9. The van der Waals surface area contributed by atoms with Gasteiger partial charge in [-0.25, -0.2) is 15.0 Å². The van der Waals surface area contributed by atoms with E-state index >= 15 is 0 Å². The number of rotatable bonds is 5. The van der Waals surface area contributed by atoms with Crippen LogP contribution in [0.25, 0.3) is 11.0 Å². The molecule has 4 aromatic rings. The summed E-state index contributed by atoms with van der Waals surface area (Å²) in [5, 5.41) is 6.35. The lowest BCUT2D eigenvalue weighted by atomic mass is 10.1. The first kappa shape index (κ1) is 22.1. The van der Waals surface area contributed by atoms with Gasteiger partial charge in [-0.1, -0.05) is 12.1 Å². The van der Waals surface area contributed by atoms with Gasteiger partial charge < -0.3 is 20.4 Å². The number of nitrogens with one attached hydrogen (secondary N) is 1. The zero-order valence-corrected chi connectivity index (χ0v) is 20.0. The van der Waals surface area contributed by atoms with Gasteiger partial charge in [0.1, 0.15) is 29.2 Å². The van der Waals surface area contributed by atoms with Crippen LogP contribution in [0.2, 0.25) is 0 Å². The van der Waals surface area contributed by atoms with Crippen LogP contribution >= 0.6 is 11.3 Å². The maximum absolute atomic E-state index is 13.6. The van der Waals surface area contributed by atoms with Crippen molar-refractivity contribution in [1.29, 1.82) is 0 Å². The highest BCUT2D eigenvalue weighted by Crippen LogP contribution is 2.47. The third-order valence-corrected chi connectivity index (χ3v) is 6.74. The smallest absolute Gasteiger partial charge is 0.259 e. The van der Waals surface area contributed by atoms with Crippen molar-refractivity contribution in [1.82, 2.24) is 19.5 Å². The predicted molar refractivity (Wildman–Crippen MR) is 133 cm³/mol. The van der Waals surface area contributed by atoms with E-state index in [1.165, 1.54) is 17.7 Å². The second kappa shape index (κ2) is 8.56. The molecule has 172 valence electrons. The number of hydrogen-bond acceptors (Lipinski definition) is 7. The van der Waals surface area contributed by atoms with Crippen LogP contribution in [0.15, 0.2) is 36.0 Å². The maximum Gasteiger partial charge on any atom is 0.259 e. The first-order valence-corrected chi connectivity index (χ1v) is 11.8. The fourth-order valence-corrected chi connectivity index (χ4v) is 4.54. The zero-order valence-electron chi connectivity index (χ0n) is 19.2. The van der Waals surface area contributed by atoms with Crippen molar-refractivity contribution in [3.8, 4) is 11.8 Å². The maximum atomic E-state index is 13.6. The Morgan fingerprint density at radius 3 is 2.68 bits per heavy atom. The first-order chi connectivity index (χ1) is 16.4. The van der Waals surface area contributed by atoms with Crippen LogP contribution in [0, 0.1) is 18.8 Å². The minimum atomic E-state index is -0.312. The summed E-state index contributed by atoms with van der Waals surface area (Å²) in [6, 6.07) is 7.51. The van der Waals surface area contributed by atoms with Gasteiger partial charge in [0, 0.05) is 23.7 Å². The summed E-state index contributed by atoms with van der Waals surface area (Å²) >= 11 is 1.53. The number of carbonyl (C=O) groups excluding carboxylic acids is 1. The Bertz CT molecular complexity index is 1450. The van der Waals surface area contributed by atoms with E-state index in [1.807, 2.05) is 41.1 Å². The van der Waals surface area contributed by atoms with Gasteiger partial charge in [0.15, 0.2) is 0 Å². The van der Waals surface area contributed by atoms with Crippen LogP contribution in [0.4, 0.5) is 11.5 Å². The van der Waals surface area contributed by atoms with Gasteiger partial charge in [0.25, 0.3) is 5.91 Å². The number of nitrogens with two attached hydrogens (primary N) is 1. The molecule has 0 spiro atoms. The molecule has 0 aliphatic heterocycles. The average Bonchev–Trinajstić information content (AvgIpc) is 3.25. The van der Waals surface area contributed by atoms with Gasteiger partial charge in [-0.15, -0.1) is 11.3 Å². The van der Waals surface area contributed by atoms with Gasteiger partial charge in [0.05, 0.1) is 22.6 Å². The third-order valence-electron chi connectivity index (χ3n) is 5.97. The monoisotopic (exact) mass is 472 g/mol. The van der Waals surface area contributed by atoms with E-state index in [-0.39, 0.29) is 17.3 Å². The highest BCUT2D eigenvalue weighted by Gasteiger charge is 2.44. The van der Waals surface area contributed by atoms with Crippen molar-refractivity contribution in [3.05, 3.63) is 63.5 Å². The van der Waals surface area contributed by atoms with Crippen LogP contribution in [0.3, 0.4) is 0 Å². The number of amides is 1. The van der Waals surface area contributed by atoms with Crippen molar-refractivity contribution >= 4 is 39.8 Å². The van der Waals surface area contributed by atoms with Gasteiger partial charge in [-0.2, -0.15) is 0 Å². The second-order valence-electron chi connectivity index (χ2n) is 8.60. The second-order valence-corrected chi connectivity index (χ2v) is 9.66. The summed E-state index contributed by atoms with van der Waals surface area (Å²) < 4.78 is 7.21. The molecule has 1 amide bonds. The SMILES string of the molecule is COCc1ccc(NC(=O)c2c(C#Cc3csc(C)n3)n(C3(C)CC3)c3ncnc(N)c23)cc1. The summed E-state index contributed by atoms with van der Waals surface area (Å²) in [5.74, 6) is 6.29. The van der Waals surface area contributed by atoms with E-state index in [4.69, 9.17) is 10.5 Å². The Hall–Kier alpha value is -3.74. The Morgan fingerprint density at radius 1 is 1.26 bits per heavy atom. The Labute approximate surface area is 201 Å². The largest absolute Gasteiger partial charge is 0.383 e. The van der Waals surface area contributed by atoms with Gasteiger partial charge in [0.2, 0.25) is 0 Å². The summed E-state index contributed by atoms with van der Waals surface area (Å²) in [7, 11) is 1.65. The standard InChI is InChI=1S/C25H24N6O2S/c1-15-29-18(13-34-15)8-9-19-20(24(32)30-17-6-4-16(5-7-17)12-33-3)21-22(26)27-14-28-23(21)31(19)25(2)10-11-25/h4-7,13-14H,10-12H2,1-3H3,(H,30,32)(H2,26,27,28). The van der Waals surface area contributed by atoms with Crippen molar-refractivity contribution in [3.63, 3.8) is 0 Å². The minimum Gasteiger partial charge on any atom is -0.383 e. The number of hydrogen-bond donors (Lipinski definition) is 2. The Balaban J connectivity index is 1.65. The van der Waals surface area contributed by atoms with Crippen LogP contribution in [-0.2, 0) is 16.9 Å². The summed E-state index contributed by atoms with van der Waals surface area (Å²) in [5.41, 5.74) is 10.0. The van der Waals surface area contributed by atoms with Crippen LogP contribution in [-0.4, -0.2) is 32.5 Å². The lowest BCUT2D eigenvalue weighted by molar-refractivity contribution is 0.102. The molecular weight excluding hydrogens is 448 g/mol. The van der Waals surface area contributed by atoms with E-state index in [1.54, 1.807) is 7.11 Å². The number of ether oxygens (including phenoxy) is 1. The summed E-state index contributed by atoms with van der Waals surface area (Å²) in [6.45, 7) is 4.58. The highest BCUT2D eigenvalue weighted by molar-refractivity contribution is 7.09. The molecule has 1 aliphatic rings. The quantitative estimate of drug-likeness (QED) is 0.424. The Morgan fingerprint density at radius 2 is 2.03 bits per heavy atom. The molecule has 3 heterocycles. The number of aromatic nitrogens is 4. The molecular formula is C25H24N6O2S. The van der Waals surface area contributed by atoms with E-state index in [2.05, 4.69) is 39.0 Å². The van der Waals surface area contributed by atoms with E-state index in [0.29, 0.717) is 40.3 Å². The third kappa shape index (κ3) is 4.02. The Kier molecular flexibility index (Phi) is 5.55. The number of benzene rings is 1. The molecule has 34 heavy (non-hydrogen) atoms. The molecule has 0 atom stereocenters. The van der Waals surface area contributed by atoms with Crippen molar-refractivity contribution in [2.45, 2.75) is 38.8 Å². The lowest BCUT2D eigenvalue weighted by Crippen LogP contribution is -2.18. The molecule has 1 aromatic carbocycles. The molecule has 1 aliphatic carbocycles. The molecule has 3 N–H and O–H groups in total. The lowest BCUT2D eigenvalue weighted by Gasteiger charge is -2.14. The fraction of sp³-hybridized carbons (Fsp3) is 0.280. The molecule has 1 saturated carbocycles. The van der Waals surface area contributed by atoms with Crippen molar-refractivity contribution < 1.29 is 9.53 Å². The number of nitrogens with zero attached hydrogens (tertiary/aromatic N) is 4. The normalized spacial score (nSPS) is 14.0. The number of thiazole rings is 1. The minimum absolute atomic E-state index is 0.179. The van der Waals surface area contributed by atoms with E-state index in [0.717, 1.165) is 23.4 Å². The van der Waals surface area contributed by atoms with Crippen molar-refractivity contribution in [2.24, 2.45) is 0 Å². The number of fused-ring (bicyclic) bond motifs is 1. The van der Waals surface area contributed by atoms with E-state index < -0.39 is 0 Å². The van der Waals surface area contributed by atoms with E-state index in [9.17, 15) is 4.79 Å². The van der Waals surface area contributed by atoms with Crippen LogP contribution in [0.5, 0.6) is 0 Å². The number of anilines is 2. The molecule has 0 saturated heterocycles. The summed E-state index contributed by atoms with van der Waals surface area (Å²) in [4.78, 5) is 26.8. The molecule has 1 fully saturated rings. The number of aryl methyl sites for hydroxylation is 1. The van der Waals surface area contributed by atoms with Crippen molar-refractivity contribution in [2.75, 3.05) is 18.2 Å². The van der Waals surface area contributed by atoms with Gasteiger partial charge in [-0.05, 0) is 56.2 Å². The molecule has 3 aromatic heterocycles. The number of methoxy groups -OCH3 is 1. The summed E-state index contributed by atoms with van der Waals surface area (Å²) in [6.07, 6.45) is 3.36. The molecule has 8 nitrogen and oxygen atoms in total. The first-order valence-electron chi connectivity index (χ1n) is 10.9. The molecule has 9 heteroatoms. The van der Waals surface area contributed by atoms with Gasteiger partial charge in [-0.3, -0.25) is 4.79 Å². The molecule has 0 bridgehead atoms. The average molecular weight is 473 g/mol. The number of carbonyl (C=O) groups is 1. The molecule has 0 radical (unpaired) electrons. The topological polar surface area (TPSA) is 108 Å².